The lowest BCUT2D eigenvalue weighted by molar-refractivity contribution is 0.730. The van der Waals surface area contributed by atoms with Gasteiger partial charge < -0.3 is 10.6 Å². The van der Waals surface area contributed by atoms with Crippen molar-refractivity contribution in [1.29, 1.82) is 0 Å². The van der Waals surface area contributed by atoms with Gasteiger partial charge in [-0.25, -0.2) is 0 Å². The minimum Gasteiger partial charge on any atom is -0.357 e. The molecule has 84 valence electrons. The maximum atomic E-state index is 4.12. The molecule has 2 N–H and O–H groups in total. The van der Waals surface area contributed by atoms with Crippen LogP contribution < -0.4 is 10.6 Å². The summed E-state index contributed by atoms with van der Waals surface area (Å²) < 4.78 is 0. The van der Waals surface area contributed by atoms with Crippen LogP contribution in [-0.4, -0.2) is 37.1 Å². The van der Waals surface area contributed by atoms with Crippen LogP contribution in [-0.2, 0) is 0 Å². The van der Waals surface area contributed by atoms with Gasteiger partial charge >= 0.3 is 0 Å². The Balaban J connectivity index is 0.00000169. The van der Waals surface area contributed by atoms with E-state index in [-0.39, 0.29) is 24.0 Å². The fourth-order valence-corrected chi connectivity index (χ4v) is 2.61. The van der Waals surface area contributed by atoms with E-state index in [1.54, 1.807) is 0 Å². The highest BCUT2D eigenvalue weighted by molar-refractivity contribution is 14.0. The lowest BCUT2D eigenvalue weighted by Crippen LogP contribution is -2.39. The van der Waals surface area contributed by atoms with Gasteiger partial charge in [0.2, 0.25) is 0 Å². The zero-order chi connectivity index (χ0) is 9.52. The Bertz CT molecular complexity index is 169. The molecule has 1 heterocycles. The number of guanidine groups is 1. The van der Waals surface area contributed by atoms with Gasteiger partial charge in [-0.15, -0.1) is 24.0 Å². The fraction of sp³-hybridized carbons (Fsp3) is 0.889. The molecule has 1 saturated heterocycles. The zero-order valence-corrected chi connectivity index (χ0v) is 12.0. The molecule has 0 bridgehead atoms. The third kappa shape index (κ3) is 5.29. The Kier molecular flexibility index (Phi) is 8.86. The van der Waals surface area contributed by atoms with Crippen LogP contribution in [0.3, 0.4) is 0 Å². The second-order valence-corrected chi connectivity index (χ2v) is 4.53. The van der Waals surface area contributed by atoms with Gasteiger partial charge in [-0.3, -0.25) is 4.99 Å². The molecule has 0 amide bonds. The van der Waals surface area contributed by atoms with Crippen LogP contribution in [0.1, 0.15) is 19.8 Å². The van der Waals surface area contributed by atoms with E-state index in [4.69, 9.17) is 0 Å². The van der Waals surface area contributed by atoms with Crippen LogP contribution in [0, 0.1) is 0 Å². The average Bonchev–Trinajstić information content (AvgIpc) is 2.64. The molecule has 1 atom stereocenters. The van der Waals surface area contributed by atoms with Crippen molar-refractivity contribution in [3.63, 3.8) is 0 Å². The third-order valence-electron chi connectivity index (χ3n) is 2.09. The Hall–Kier alpha value is 0.350. The summed E-state index contributed by atoms with van der Waals surface area (Å²) in [5.74, 6) is 2.25. The van der Waals surface area contributed by atoms with Gasteiger partial charge in [0.15, 0.2) is 5.96 Å². The molecule has 0 aliphatic carbocycles. The molecule has 1 aliphatic heterocycles. The molecule has 5 heteroatoms. The van der Waals surface area contributed by atoms with E-state index >= 15 is 0 Å². The Morgan fingerprint density at radius 1 is 1.50 bits per heavy atom. The molecule has 1 unspecified atom stereocenters. The normalized spacial score (nSPS) is 21.6. The monoisotopic (exact) mass is 329 g/mol. The summed E-state index contributed by atoms with van der Waals surface area (Å²) in [7, 11) is 1.81. The predicted molar refractivity (Wildman–Crippen MR) is 75.9 cm³/mol. The van der Waals surface area contributed by atoms with Crippen molar-refractivity contribution in [3.05, 3.63) is 0 Å². The first-order chi connectivity index (χ1) is 6.36. The van der Waals surface area contributed by atoms with Crippen molar-refractivity contribution in [3.8, 4) is 0 Å². The first-order valence-electron chi connectivity index (χ1n) is 4.93. The SMILES string of the molecule is CCNC(=NC)NCC1CCCS1.I. The molecule has 0 radical (unpaired) electrons. The summed E-state index contributed by atoms with van der Waals surface area (Å²) in [6.45, 7) is 4.05. The molecule has 3 nitrogen and oxygen atoms in total. The molecular formula is C9H20IN3S. The van der Waals surface area contributed by atoms with E-state index in [0.29, 0.717) is 0 Å². The van der Waals surface area contributed by atoms with E-state index in [1.165, 1.54) is 18.6 Å². The summed E-state index contributed by atoms with van der Waals surface area (Å²) in [5, 5.41) is 7.30. The number of halogens is 1. The number of hydrogen-bond donors (Lipinski definition) is 2. The van der Waals surface area contributed by atoms with Gasteiger partial charge in [-0.1, -0.05) is 0 Å². The third-order valence-corrected chi connectivity index (χ3v) is 3.49. The zero-order valence-electron chi connectivity index (χ0n) is 8.88. The molecule has 14 heavy (non-hydrogen) atoms. The van der Waals surface area contributed by atoms with Crippen LogP contribution >= 0.6 is 35.7 Å². The van der Waals surface area contributed by atoms with Gasteiger partial charge in [0.1, 0.15) is 0 Å². The number of nitrogens with one attached hydrogen (secondary N) is 2. The number of thioether (sulfide) groups is 1. The molecule has 0 aromatic carbocycles. The molecule has 0 spiro atoms. The maximum Gasteiger partial charge on any atom is 0.191 e. The fourth-order valence-electron chi connectivity index (χ4n) is 1.40. The highest BCUT2D eigenvalue weighted by Gasteiger charge is 2.15. The molecule has 0 aromatic heterocycles. The van der Waals surface area contributed by atoms with Gasteiger partial charge in [-0.05, 0) is 25.5 Å². The minimum absolute atomic E-state index is 0. The molecular weight excluding hydrogens is 309 g/mol. The second-order valence-electron chi connectivity index (χ2n) is 3.12. The van der Waals surface area contributed by atoms with E-state index < -0.39 is 0 Å². The lowest BCUT2D eigenvalue weighted by atomic mass is 10.2. The maximum absolute atomic E-state index is 4.12. The van der Waals surface area contributed by atoms with Crippen LogP contribution in [0.25, 0.3) is 0 Å². The topological polar surface area (TPSA) is 36.4 Å². The van der Waals surface area contributed by atoms with Crippen molar-refractivity contribution in [1.82, 2.24) is 10.6 Å². The van der Waals surface area contributed by atoms with Gasteiger partial charge in [-0.2, -0.15) is 11.8 Å². The van der Waals surface area contributed by atoms with Crippen molar-refractivity contribution >= 4 is 41.7 Å². The van der Waals surface area contributed by atoms with Crippen LogP contribution in [0.15, 0.2) is 4.99 Å². The Morgan fingerprint density at radius 3 is 2.79 bits per heavy atom. The smallest absolute Gasteiger partial charge is 0.191 e. The number of aliphatic imine (C=N–C) groups is 1. The highest BCUT2D eigenvalue weighted by atomic mass is 127. The van der Waals surface area contributed by atoms with Crippen LogP contribution in [0.2, 0.25) is 0 Å². The quantitative estimate of drug-likeness (QED) is 0.470. The Labute approximate surface area is 108 Å². The van der Waals surface area contributed by atoms with Crippen LogP contribution in [0.4, 0.5) is 0 Å². The van der Waals surface area contributed by atoms with Crippen molar-refractivity contribution in [2.24, 2.45) is 4.99 Å². The predicted octanol–water partition coefficient (Wildman–Crippen LogP) is 1.68. The molecule has 1 fully saturated rings. The van der Waals surface area contributed by atoms with Crippen molar-refractivity contribution in [2.45, 2.75) is 25.0 Å². The molecule has 1 aliphatic rings. The summed E-state index contributed by atoms with van der Waals surface area (Å²) >= 11 is 2.07. The second kappa shape index (κ2) is 8.64. The van der Waals surface area contributed by atoms with Gasteiger partial charge in [0.05, 0.1) is 0 Å². The first-order valence-corrected chi connectivity index (χ1v) is 5.97. The Morgan fingerprint density at radius 2 is 2.29 bits per heavy atom. The minimum atomic E-state index is 0. The summed E-state index contributed by atoms with van der Waals surface area (Å²) in [5.41, 5.74) is 0. The number of nitrogens with zero attached hydrogens (tertiary/aromatic N) is 1. The van der Waals surface area contributed by atoms with E-state index in [0.717, 1.165) is 24.3 Å². The average molecular weight is 329 g/mol. The highest BCUT2D eigenvalue weighted by Crippen LogP contribution is 2.24. The summed E-state index contributed by atoms with van der Waals surface area (Å²) in [6.07, 6.45) is 2.72. The lowest BCUT2D eigenvalue weighted by Gasteiger charge is -2.13. The van der Waals surface area contributed by atoms with E-state index in [1.807, 2.05) is 7.05 Å². The largest absolute Gasteiger partial charge is 0.357 e. The van der Waals surface area contributed by atoms with Crippen LogP contribution in [0.5, 0.6) is 0 Å². The van der Waals surface area contributed by atoms with Gasteiger partial charge in [0, 0.05) is 25.4 Å². The molecule has 0 aromatic rings. The van der Waals surface area contributed by atoms with Crippen molar-refractivity contribution in [2.75, 3.05) is 25.9 Å². The first kappa shape index (κ1) is 14.3. The van der Waals surface area contributed by atoms with E-state index in [9.17, 15) is 0 Å². The van der Waals surface area contributed by atoms with Crippen molar-refractivity contribution < 1.29 is 0 Å². The number of hydrogen-bond acceptors (Lipinski definition) is 2. The summed E-state index contributed by atoms with van der Waals surface area (Å²) in [6, 6.07) is 0. The van der Waals surface area contributed by atoms with Gasteiger partial charge in [0.25, 0.3) is 0 Å². The molecule has 1 rings (SSSR count). The summed E-state index contributed by atoms with van der Waals surface area (Å²) in [4.78, 5) is 4.12. The molecule has 0 saturated carbocycles. The number of rotatable bonds is 3. The standard InChI is InChI=1S/C9H19N3S.HI/c1-3-11-9(10-2)12-7-8-5-4-6-13-8;/h8H,3-7H2,1-2H3,(H2,10,11,12);1H. The van der Waals surface area contributed by atoms with E-state index in [2.05, 4.69) is 34.3 Å².